The zero-order valence-electron chi connectivity index (χ0n) is 13.2. The van der Waals surface area contributed by atoms with E-state index in [1.54, 1.807) is 26.3 Å². The number of anilines is 1. The molecule has 0 saturated heterocycles. The Morgan fingerprint density at radius 2 is 1.95 bits per heavy atom. The molecule has 7 heteroatoms. The van der Waals surface area contributed by atoms with Gasteiger partial charge in [0.05, 0.1) is 19.3 Å². The number of rotatable bonds is 8. The number of benzene rings is 1. The Morgan fingerprint density at radius 1 is 1.27 bits per heavy atom. The molecule has 0 aliphatic heterocycles. The molecule has 0 aromatic heterocycles. The van der Waals surface area contributed by atoms with Crippen molar-refractivity contribution in [2.24, 2.45) is 0 Å². The van der Waals surface area contributed by atoms with Crippen molar-refractivity contribution in [3.63, 3.8) is 0 Å². The second-order valence-corrected chi connectivity index (χ2v) is 4.51. The average Bonchev–Trinajstić information content (AvgIpc) is 2.50. The molecule has 124 valence electrons. The van der Waals surface area contributed by atoms with Crippen LogP contribution in [0.3, 0.4) is 0 Å². The Morgan fingerprint density at radius 3 is 2.55 bits per heavy atom. The van der Waals surface area contributed by atoms with Gasteiger partial charge in [0.15, 0.2) is 0 Å². The quantitative estimate of drug-likeness (QED) is 0.758. The molecule has 0 radical (unpaired) electrons. The van der Waals surface area contributed by atoms with Crippen molar-refractivity contribution in [3.05, 3.63) is 24.3 Å². The molecule has 0 aliphatic carbocycles. The molecule has 6 nitrogen and oxygen atoms in total. The minimum absolute atomic E-state index is 0. The lowest BCUT2D eigenvalue weighted by molar-refractivity contribution is -0.134. The predicted octanol–water partition coefficient (Wildman–Crippen LogP) is 1.51. The molecule has 1 aromatic rings. The summed E-state index contributed by atoms with van der Waals surface area (Å²) in [7, 11) is 3.34. The van der Waals surface area contributed by atoms with Gasteiger partial charge in [0.25, 0.3) is 0 Å². The van der Waals surface area contributed by atoms with Crippen LogP contribution < -0.4 is 15.4 Å². The van der Waals surface area contributed by atoms with E-state index in [0.717, 1.165) is 0 Å². The first kappa shape index (κ1) is 20.2. The third-order valence-corrected chi connectivity index (χ3v) is 3.04. The number of nitrogens with zero attached hydrogens (tertiary/aromatic N) is 1. The van der Waals surface area contributed by atoms with Crippen LogP contribution in [0.5, 0.6) is 5.75 Å². The van der Waals surface area contributed by atoms with Gasteiger partial charge in [-0.15, -0.1) is 12.4 Å². The summed E-state index contributed by atoms with van der Waals surface area (Å²) in [6.45, 7) is 3.00. The van der Waals surface area contributed by atoms with Gasteiger partial charge in [0.2, 0.25) is 11.8 Å². The molecule has 0 fully saturated rings. The average molecular weight is 330 g/mol. The van der Waals surface area contributed by atoms with Crippen molar-refractivity contribution < 1.29 is 14.3 Å². The van der Waals surface area contributed by atoms with Crippen LogP contribution in [0.1, 0.15) is 13.3 Å². The Kier molecular flexibility index (Phi) is 9.98. The molecule has 0 bridgehead atoms. The minimum Gasteiger partial charge on any atom is -0.495 e. The van der Waals surface area contributed by atoms with Gasteiger partial charge in [-0.3, -0.25) is 9.59 Å². The lowest BCUT2D eigenvalue weighted by atomic mass is 10.3. The third kappa shape index (κ3) is 6.32. The third-order valence-electron chi connectivity index (χ3n) is 3.04. The van der Waals surface area contributed by atoms with Gasteiger partial charge in [-0.25, -0.2) is 0 Å². The number of para-hydroxylation sites is 2. The normalized spacial score (nSPS) is 9.59. The highest BCUT2D eigenvalue weighted by Gasteiger charge is 2.15. The van der Waals surface area contributed by atoms with Crippen LogP contribution in [0.4, 0.5) is 5.69 Å². The molecule has 2 N–H and O–H groups in total. The summed E-state index contributed by atoms with van der Waals surface area (Å²) in [6.07, 6.45) is 0.381. The van der Waals surface area contributed by atoms with Gasteiger partial charge in [-0.2, -0.15) is 0 Å². The van der Waals surface area contributed by atoms with Gasteiger partial charge in [-0.05, 0) is 26.1 Å². The minimum atomic E-state index is -0.237. The van der Waals surface area contributed by atoms with Crippen LogP contribution in [0, 0.1) is 0 Å². The van der Waals surface area contributed by atoms with Crippen molar-refractivity contribution in [1.82, 2.24) is 10.2 Å². The number of halogens is 1. The van der Waals surface area contributed by atoms with Gasteiger partial charge < -0.3 is 20.3 Å². The SMILES string of the molecule is CCN(CC(=O)Nc1ccccc1OC)C(=O)CCNC.Cl. The predicted molar refractivity (Wildman–Crippen MR) is 89.7 cm³/mol. The first-order chi connectivity index (χ1) is 10.1. The summed E-state index contributed by atoms with van der Waals surface area (Å²) in [5, 5.41) is 5.68. The molecule has 2 amide bonds. The summed E-state index contributed by atoms with van der Waals surface area (Å²) in [5.41, 5.74) is 0.601. The Hall–Kier alpha value is -1.79. The van der Waals surface area contributed by atoms with Gasteiger partial charge in [0, 0.05) is 19.5 Å². The van der Waals surface area contributed by atoms with E-state index in [4.69, 9.17) is 4.74 Å². The summed E-state index contributed by atoms with van der Waals surface area (Å²) in [5.74, 6) is 0.316. The van der Waals surface area contributed by atoms with Crippen LogP contribution in [0.15, 0.2) is 24.3 Å². The molecule has 0 aliphatic rings. The Bertz CT molecular complexity index is 483. The van der Waals surface area contributed by atoms with Gasteiger partial charge in [-0.1, -0.05) is 12.1 Å². The van der Waals surface area contributed by atoms with Crippen molar-refractivity contribution in [3.8, 4) is 5.75 Å². The standard InChI is InChI=1S/C15H23N3O3.ClH/c1-4-18(15(20)9-10-16-2)11-14(19)17-12-7-5-6-8-13(12)21-3;/h5-8,16H,4,9-11H2,1-3H3,(H,17,19);1H. The zero-order valence-corrected chi connectivity index (χ0v) is 14.0. The molecule has 0 saturated carbocycles. The van der Waals surface area contributed by atoms with Crippen LogP contribution in [0.2, 0.25) is 0 Å². The van der Waals surface area contributed by atoms with E-state index in [1.807, 2.05) is 19.1 Å². The number of carbonyl (C=O) groups excluding carboxylic acids is 2. The molecule has 22 heavy (non-hydrogen) atoms. The Labute approximate surface area is 137 Å². The second-order valence-electron chi connectivity index (χ2n) is 4.51. The summed E-state index contributed by atoms with van der Waals surface area (Å²) in [6, 6.07) is 7.17. The highest BCUT2D eigenvalue weighted by molar-refractivity contribution is 5.95. The molecule has 0 spiro atoms. The largest absolute Gasteiger partial charge is 0.495 e. The Balaban J connectivity index is 0.00000441. The molecule has 0 unspecified atom stereocenters. The highest BCUT2D eigenvalue weighted by Crippen LogP contribution is 2.22. The maximum absolute atomic E-state index is 12.1. The summed E-state index contributed by atoms with van der Waals surface area (Å²) in [4.78, 5) is 25.5. The van der Waals surface area contributed by atoms with Gasteiger partial charge in [0.1, 0.15) is 5.75 Å². The van der Waals surface area contributed by atoms with E-state index >= 15 is 0 Å². The number of likely N-dealkylation sites (N-methyl/N-ethyl adjacent to an activating group) is 1. The molecule has 1 rings (SSSR count). The fraction of sp³-hybridized carbons (Fsp3) is 0.467. The summed E-state index contributed by atoms with van der Waals surface area (Å²) >= 11 is 0. The monoisotopic (exact) mass is 329 g/mol. The number of hydrogen-bond donors (Lipinski definition) is 2. The fourth-order valence-corrected chi connectivity index (χ4v) is 1.88. The van der Waals surface area contributed by atoms with Gasteiger partial charge >= 0.3 is 0 Å². The maximum atomic E-state index is 12.1. The molecular weight excluding hydrogens is 306 g/mol. The smallest absolute Gasteiger partial charge is 0.244 e. The lowest BCUT2D eigenvalue weighted by Gasteiger charge is -2.20. The molecular formula is C15H24ClN3O3. The molecule has 0 heterocycles. The second kappa shape index (κ2) is 10.9. The highest BCUT2D eigenvalue weighted by atomic mass is 35.5. The number of amides is 2. The van der Waals surface area contributed by atoms with Crippen molar-refractivity contribution in [2.75, 3.05) is 39.1 Å². The molecule has 1 aromatic carbocycles. The zero-order chi connectivity index (χ0) is 15.7. The van der Waals surface area contributed by atoms with Crippen molar-refractivity contribution in [1.29, 1.82) is 0 Å². The number of carbonyl (C=O) groups is 2. The van der Waals surface area contributed by atoms with Crippen LogP contribution in [-0.2, 0) is 9.59 Å². The first-order valence-electron chi connectivity index (χ1n) is 6.97. The van der Waals surface area contributed by atoms with E-state index in [2.05, 4.69) is 10.6 Å². The number of methoxy groups -OCH3 is 1. The number of ether oxygens (including phenoxy) is 1. The van der Waals surface area contributed by atoms with Crippen LogP contribution in [-0.4, -0.2) is 50.5 Å². The number of hydrogen-bond acceptors (Lipinski definition) is 4. The molecule has 0 atom stereocenters. The van der Waals surface area contributed by atoms with Crippen molar-refractivity contribution in [2.45, 2.75) is 13.3 Å². The number of nitrogens with one attached hydrogen (secondary N) is 2. The van der Waals surface area contributed by atoms with E-state index in [1.165, 1.54) is 4.90 Å². The first-order valence-corrected chi connectivity index (χ1v) is 6.97. The van der Waals surface area contributed by atoms with E-state index < -0.39 is 0 Å². The van der Waals surface area contributed by atoms with Crippen LogP contribution in [0.25, 0.3) is 0 Å². The summed E-state index contributed by atoms with van der Waals surface area (Å²) < 4.78 is 5.17. The maximum Gasteiger partial charge on any atom is 0.244 e. The topological polar surface area (TPSA) is 70.7 Å². The fourth-order valence-electron chi connectivity index (χ4n) is 1.88. The van der Waals surface area contributed by atoms with E-state index in [0.29, 0.717) is 30.9 Å². The van der Waals surface area contributed by atoms with Crippen molar-refractivity contribution >= 4 is 29.9 Å². The lowest BCUT2D eigenvalue weighted by Crippen LogP contribution is -2.38. The van der Waals surface area contributed by atoms with Crippen LogP contribution >= 0.6 is 12.4 Å². The van der Waals surface area contributed by atoms with E-state index in [9.17, 15) is 9.59 Å². The van der Waals surface area contributed by atoms with E-state index in [-0.39, 0.29) is 30.8 Å².